The fourth-order valence-electron chi connectivity index (χ4n) is 1.89. The molecule has 2 aromatic carbocycles. The number of rotatable bonds is 4. The second-order valence-corrected chi connectivity index (χ2v) is 5.67. The van der Waals surface area contributed by atoms with Gasteiger partial charge in [0.25, 0.3) is 0 Å². The van der Waals surface area contributed by atoms with Crippen LogP contribution >= 0.6 is 34.8 Å². The number of hydrogen-bond donors (Lipinski definition) is 1. The molecule has 0 aliphatic rings. The minimum Gasteiger partial charge on any atom is -0.486 e. The van der Waals surface area contributed by atoms with E-state index in [9.17, 15) is 0 Å². The van der Waals surface area contributed by atoms with E-state index in [1.807, 2.05) is 18.2 Å². The van der Waals surface area contributed by atoms with Crippen LogP contribution in [0.4, 0.5) is 0 Å². The fraction of sp³-hybridized carbons (Fsp3) is 0.0714. The van der Waals surface area contributed by atoms with E-state index < -0.39 is 0 Å². The van der Waals surface area contributed by atoms with Crippen molar-refractivity contribution in [3.05, 3.63) is 57.0 Å². The predicted molar refractivity (Wildman–Crippen MR) is 85.4 cm³/mol. The summed E-state index contributed by atoms with van der Waals surface area (Å²) in [6.45, 7) is 0.307. The molecule has 0 fully saturated rings. The average molecular weight is 356 g/mol. The summed E-state index contributed by atoms with van der Waals surface area (Å²) in [5.74, 6) is 0.806. The Morgan fingerprint density at radius 1 is 1.05 bits per heavy atom. The number of nitrogens with one attached hydrogen (secondary N) is 1. The number of hydrogen-bond acceptors (Lipinski definition) is 4. The van der Waals surface area contributed by atoms with Crippen molar-refractivity contribution in [3.8, 4) is 17.1 Å². The monoisotopic (exact) mass is 354 g/mol. The van der Waals surface area contributed by atoms with E-state index in [4.69, 9.17) is 39.5 Å². The molecule has 3 rings (SSSR count). The molecule has 0 saturated heterocycles. The molecule has 0 spiro atoms. The maximum atomic E-state index is 6.23. The molecule has 0 radical (unpaired) electrons. The van der Waals surface area contributed by atoms with Gasteiger partial charge in [0.15, 0.2) is 5.75 Å². The SMILES string of the molecule is Clc1cccc(COc2c(Cl)cc(-c3nn[nH]n3)cc2Cl)c1. The third-order valence-electron chi connectivity index (χ3n) is 2.87. The zero-order valence-corrected chi connectivity index (χ0v) is 13.3. The smallest absolute Gasteiger partial charge is 0.204 e. The summed E-state index contributed by atoms with van der Waals surface area (Å²) in [5, 5.41) is 15.0. The van der Waals surface area contributed by atoms with Gasteiger partial charge in [0.05, 0.1) is 10.0 Å². The Kier molecular flexibility index (Phi) is 4.47. The number of tetrazole rings is 1. The zero-order valence-electron chi connectivity index (χ0n) is 11.1. The van der Waals surface area contributed by atoms with Crippen LogP contribution in [0.3, 0.4) is 0 Å². The summed E-state index contributed by atoms with van der Waals surface area (Å²) >= 11 is 18.4. The standard InChI is InChI=1S/C14H9Cl3N4O/c15-10-3-1-2-8(4-10)7-22-13-11(16)5-9(6-12(13)17)14-18-20-21-19-14/h1-6H,7H2,(H,18,19,20,21). The van der Waals surface area contributed by atoms with E-state index in [1.165, 1.54) is 0 Å². The van der Waals surface area contributed by atoms with Crippen LogP contribution in [-0.4, -0.2) is 20.6 Å². The van der Waals surface area contributed by atoms with E-state index >= 15 is 0 Å². The van der Waals surface area contributed by atoms with Gasteiger partial charge >= 0.3 is 0 Å². The second kappa shape index (κ2) is 6.52. The summed E-state index contributed by atoms with van der Waals surface area (Å²) < 4.78 is 5.69. The molecule has 1 heterocycles. The number of halogens is 3. The first-order valence-corrected chi connectivity index (χ1v) is 7.37. The lowest BCUT2D eigenvalue weighted by molar-refractivity contribution is 0.306. The van der Waals surface area contributed by atoms with Crippen molar-refractivity contribution in [2.75, 3.05) is 0 Å². The summed E-state index contributed by atoms with van der Waals surface area (Å²) in [4.78, 5) is 0. The fourth-order valence-corrected chi connectivity index (χ4v) is 2.70. The van der Waals surface area contributed by atoms with Gasteiger partial charge < -0.3 is 4.74 Å². The highest BCUT2D eigenvalue weighted by Crippen LogP contribution is 2.37. The molecule has 5 nitrogen and oxygen atoms in total. The number of ether oxygens (including phenoxy) is 1. The Labute approximate surface area is 141 Å². The third-order valence-corrected chi connectivity index (χ3v) is 3.67. The predicted octanol–water partition coefficient (Wildman–Crippen LogP) is 4.41. The molecular formula is C14H9Cl3N4O. The van der Waals surface area contributed by atoms with E-state index in [-0.39, 0.29) is 0 Å². The molecule has 0 unspecified atom stereocenters. The molecule has 0 aliphatic carbocycles. The first-order chi connectivity index (χ1) is 10.6. The van der Waals surface area contributed by atoms with E-state index in [0.29, 0.717) is 38.8 Å². The van der Waals surface area contributed by atoms with Crippen molar-refractivity contribution in [3.63, 3.8) is 0 Å². The maximum absolute atomic E-state index is 6.23. The van der Waals surface area contributed by atoms with Crippen LogP contribution in [0.2, 0.25) is 15.1 Å². The van der Waals surface area contributed by atoms with E-state index in [1.54, 1.807) is 18.2 Å². The van der Waals surface area contributed by atoms with Crippen LogP contribution in [0.5, 0.6) is 5.75 Å². The van der Waals surface area contributed by atoms with E-state index in [2.05, 4.69) is 20.6 Å². The molecule has 0 atom stereocenters. The van der Waals surface area contributed by atoms with Gasteiger partial charge in [-0.3, -0.25) is 0 Å². The molecule has 22 heavy (non-hydrogen) atoms. The van der Waals surface area contributed by atoms with Crippen LogP contribution in [0.25, 0.3) is 11.4 Å². The zero-order chi connectivity index (χ0) is 15.5. The molecule has 0 saturated carbocycles. The number of aromatic nitrogens is 4. The van der Waals surface area contributed by atoms with Crippen molar-refractivity contribution < 1.29 is 4.74 Å². The van der Waals surface area contributed by atoms with Gasteiger partial charge in [-0.25, -0.2) is 0 Å². The molecule has 0 bridgehead atoms. The van der Waals surface area contributed by atoms with Crippen molar-refractivity contribution in [1.82, 2.24) is 20.6 Å². The van der Waals surface area contributed by atoms with Crippen molar-refractivity contribution in [2.24, 2.45) is 0 Å². The molecule has 1 aromatic heterocycles. The van der Waals surface area contributed by atoms with Gasteiger partial charge in [0.2, 0.25) is 5.82 Å². The van der Waals surface area contributed by atoms with Crippen LogP contribution in [-0.2, 0) is 6.61 Å². The van der Waals surface area contributed by atoms with Gasteiger partial charge in [0, 0.05) is 10.6 Å². The largest absolute Gasteiger partial charge is 0.486 e. The normalized spacial score (nSPS) is 10.7. The lowest BCUT2D eigenvalue weighted by Gasteiger charge is -2.11. The summed E-state index contributed by atoms with van der Waals surface area (Å²) in [6.07, 6.45) is 0. The van der Waals surface area contributed by atoms with Crippen molar-refractivity contribution in [1.29, 1.82) is 0 Å². The Morgan fingerprint density at radius 3 is 2.45 bits per heavy atom. The Hall–Kier alpha value is -1.82. The number of H-pyrrole nitrogens is 1. The highest BCUT2D eigenvalue weighted by molar-refractivity contribution is 6.37. The highest BCUT2D eigenvalue weighted by atomic mass is 35.5. The number of benzene rings is 2. The molecule has 1 N–H and O–H groups in total. The Bertz CT molecular complexity index is 770. The van der Waals surface area contributed by atoms with Crippen LogP contribution in [0.1, 0.15) is 5.56 Å². The highest BCUT2D eigenvalue weighted by Gasteiger charge is 2.13. The van der Waals surface area contributed by atoms with Crippen LogP contribution in [0.15, 0.2) is 36.4 Å². The van der Waals surface area contributed by atoms with Crippen molar-refractivity contribution >= 4 is 34.8 Å². The Balaban J connectivity index is 1.82. The van der Waals surface area contributed by atoms with E-state index in [0.717, 1.165) is 5.56 Å². The average Bonchev–Trinajstić information content (AvgIpc) is 3.00. The lowest BCUT2D eigenvalue weighted by atomic mass is 10.2. The Morgan fingerprint density at radius 2 is 1.82 bits per heavy atom. The summed E-state index contributed by atoms with van der Waals surface area (Å²) in [5.41, 5.74) is 1.57. The topological polar surface area (TPSA) is 63.7 Å². The first-order valence-electron chi connectivity index (χ1n) is 6.23. The minimum absolute atomic E-state index is 0.307. The first kappa shape index (κ1) is 15.1. The second-order valence-electron chi connectivity index (χ2n) is 4.42. The molecular weight excluding hydrogens is 347 g/mol. The third kappa shape index (κ3) is 3.32. The summed E-state index contributed by atoms with van der Waals surface area (Å²) in [6, 6.07) is 10.7. The molecule has 112 valence electrons. The van der Waals surface area contributed by atoms with Crippen LogP contribution < -0.4 is 4.74 Å². The van der Waals surface area contributed by atoms with Gasteiger partial charge in [-0.05, 0) is 35.0 Å². The molecule has 0 amide bonds. The number of nitrogens with zero attached hydrogens (tertiary/aromatic N) is 3. The quantitative estimate of drug-likeness (QED) is 0.753. The van der Waals surface area contributed by atoms with Crippen LogP contribution in [0, 0.1) is 0 Å². The van der Waals surface area contributed by atoms with Gasteiger partial charge in [-0.2, -0.15) is 5.21 Å². The number of aromatic amines is 1. The van der Waals surface area contributed by atoms with Gasteiger partial charge in [-0.1, -0.05) is 46.9 Å². The van der Waals surface area contributed by atoms with Gasteiger partial charge in [-0.15, -0.1) is 10.2 Å². The lowest BCUT2D eigenvalue weighted by Crippen LogP contribution is -1.97. The van der Waals surface area contributed by atoms with Crippen molar-refractivity contribution in [2.45, 2.75) is 6.61 Å². The summed E-state index contributed by atoms with van der Waals surface area (Å²) in [7, 11) is 0. The molecule has 3 aromatic rings. The maximum Gasteiger partial charge on any atom is 0.204 e. The molecule has 0 aliphatic heterocycles. The molecule has 8 heteroatoms. The van der Waals surface area contributed by atoms with Gasteiger partial charge in [0.1, 0.15) is 6.61 Å². The minimum atomic E-state index is 0.307.